The van der Waals surface area contributed by atoms with Crippen LogP contribution in [0.1, 0.15) is 38.3 Å². The third-order valence-corrected chi connectivity index (χ3v) is 4.54. The highest BCUT2D eigenvalue weighted by Gasteiger charge is 2.33. The minimum atomic E-state index is -0.399. The van der Waals surface area contributed by atoms with Crippen LogP contribution < -0.4 is 15.4 Å². The Kier molecular flexibility index (Phi) is 6.85. The lowest BCUT2D eigenvalue weighted by atomic mass is 9.93. The molecule has 0 amide bonds. The molecule has 1 aliphatic heterocycles. The van der Waals surface area contributed by atoms with Crippen molar-refractivity contribution in [1.29, 1.82) is 0 Å². The average Bonchev–Trinajstić information content (AvgIpc) is 2.54. The van der Waals surface area contributed by atoms with E-state index >= 15 is 0 Å². The number of halogens is 1. The summed E-state index contributed by atoms with van der Waals surface area (Å²) in [5.74, 6) is 0.365. The van der Waals surface area contributed by atoms with E-state index in [4.69, 9.17) is 21.7 Å². The van der Waals surface area contributed by atoms with Gasteiger partial charge in [-0.3, -0.25) is 0 Å². The standard InChI is InChI=1S/C17H21IN2O3S/c1-4-6-12-14(16(21)23-5-2)15(20-17(24)19-12)11-9-10(18)7-8-13(11)22-3/h7-9,15H,4-6H2,1-3H3,(H2,19,20,24)/t15-/m0/s1. The van der Waals surface area contributed by atoms with Gasteiger partial charge in [0.25, 0.3) is 0 Å². The average molecular weight is 460 g/mol. The normalized spacial score (nSPS) is 17.2. The molecule has 0 unspecified atom stereocenters. The lowest BCUT2D eigenvalue weighted by Gasteiger charge is -2.31. The zero-order valence-electron chi connectivity index (χ0n) is 13.9. The number of methoxy groups -OCH3 is 1. The van der Waals surface area contributed by atoms with Crippen molar-refractivity contribution in [2.75, 3.05) is 13.7 Å². The molecule has 1 aromatic rings. The molecule has 0 bridgehead atoms. The number of nitrogens with one attached hydrogen (secondary N) is 2. The highest BCUT2D eigenvalue weighted by atomic mass is 127. The van der Waals surface area contributed by atoms with E-state index in [0.717, 1.165) is 27.7 Å². The molecule has 7 heteroatoms. The van der Waals surface area contributed by atoms with Gasteiger partial charge >= 0.3 is 5.97 Å². The third-order valence-electron chi connectivity index (χ3n) is 3.65. The van der Waals surface area contributed by atoms with E-state index in [9.17, 15) is 4.79 Å². The van der Waals surface area contributed by atoms with Crippen LogP contribution in [0.4, 0.5) is 0 Å². The first-order valence-electron chi connectivity index (χ1n) is 7.82. The Labute approximate surface area is 161 Å². The molecule has 2 N–H and O–H groups in total. The molecular weight excluding hydrogens is 439 g/mol. The molecule has 0 aliphatic carbocycles. The first-order valence-corrected chi connectivity index (χ1v) is 9.31. The molecule has 1 atom stereocenters. The Hall–Kier alpha value is -1.35. The molecule has 0 radical (unpaired) electrons. The number of allylic oxidation sites excluding steroid dienone is 1. The Morgan fingerprint density at radius 1 is 1.38 bits per heavy atom. The van der Waals surface area contributed by atoms with Crippen LogP contribution in [0.2, 0.25) is 0 Å². The van der Waals surface area contributed by atoms with E-state index in [-0.39, 0.29) is 5.97 Å². The van der Waals surface area contributed by atoms with Crippen molar-refractivity contribution in [1.82, 2.24) is 10.6 Å². The van der Waals surface area contributed by atoms with E-state index in [2.05, 4.69) is 40.1 Å². The Morgan fingerprint density at radius 2 is 2.12 bits per heavy atom. The first-order chi connectivity index (χ1) is 11.5. The molecule has 1 aliphatic rings. The van der Waals surface area contributed by atoms with Gasteiger partial charge in [0.1, 0.15) is 5.75 Å². The van der Waals surface area contributed by atoms with Crippen LogP contribution in [-0.2, 0) is 9.53 Å². The smallest absolute Gasteiger partial charge is 0.338 e. The van der Waals surface area contributed by atoms with Gasteiger partial charge in [-0.25, -0.2) is 4.79 Å². The number of carbonyl (C=O) groups excluding carboxylic acids is 1. The number of hydrogen-bond donors (Lipinski definition) is 2. The van der Waals surface area contributed by atoms with Gasteiger partial charge in [-0.05, 0) is 66.4 Å². The second-order valence-electron chi connectivity index (χ2n) is 5.28. The molecule has 1 heterocycles. The molecule has 2 rings (SSSR count). The maximum atomic E-state index is 12.6. The topological polar surface area (TPSA) is 59.6 Å². The van der Waals surface area contributed by atoms with Crippen molar-refractivity contribution >= 4 is 45.9 Å². The van der Waals surface area contributed by atoms with Crippen LogP contribution in [0, 0.1) is 3.57 Å². The minimum Gasteiger partial charge on any atom is -0.496 e. The summed E-state index contributed by atoms with van der Waals surface area (Å²) in [4.78, 5) is 12.6. The van der Waals surface area contributed by atoms with Crippen molar-refractivity contribution < 1.29 is 14.3 Å². The quantitative estimate of drug-likeness (QED) is 0.386. The molecule has 5 nitrogen and oxygen atoms in total. The zero-order chi connectivity index (χ0) is 17.7. The summed E-state index contributed by atoms with van der Waals surface area (Å²) in [7, 11) is 1.62. The maximum Gasteiger partial charge on any atom is 0.338 e. The fourth-order valence-corrected chi connectivity index (χ4v) is 3.44. The van der Waals surface area contributed by atoms with Gasteiger partial charge in [-0.1, -0.05) is 13.3 Å². The second-order valence-corrected chi connectivity index (χ2v) is 6.93. The molecule has 0 spiro atoms. The zero-order valence-corrected chi connectivity index (χ0v) is 16.9. The van der Waals surface area contributed by atoms with Crippen LogP contribution >= 0.6 is 34.8 Å². The summed E-state index contributed by atoms with van der Waals surface area (Å²) in [6.45, 7) is 4.18. The van der Waals surface area contributed by atoms with E-state index < -0.39 is 6.04 Å². The highest BCUT2D eigenvalue weighted by Crippen LogP contribution is 2.35. The number of ether oxygens (including phenoxy) is 2. The van der Waals surface area contributed by atoms with Gasteiger partial charge in [0.05, 0.1) is 25.3 Å². The maximum absolute atomic E-state index is 12.6. The van der Waals surface area contributed by atoms with Crippen molar-refractivity contribution in [2.45, 2.75) is 32.7 Å². The molecule has 24 heavy (non-hydrogen) atoms. The number of rotatable bonds is 6. The van der Waals surface area contributed by atoms with Gasteiger partial charge in [0.15, 0.2) is 5.11 Å². The molecule has 130 valence electrons. The van der Waals surface area contributed by atoms with Gasteiger partial charge in [-0.15, -0.1) is 0 Å². The summed E-state index contributed by atoms with van der Waals surface area (Å²) in [6.07, 6.45) is 1.61. The summed E-state index contributed by atoms with van der Waals surface area (Å²) in [5, 5.41) is 6.80. The Balaban J connectivity index is 2.59. The molecular formula is C17H21IN2O3S. The van der Waals surface area contributed by atoms with E-state index in [1.807, 2.05) is 18.2 Å². The summed E-state index contributed by atoms with van der Waals surface area (Å²) < 4.78 is 11.8. The number of benzene rings is 1. The van der Waals surface area contributed by atoms with Crippen molar-refractivity contribution in [2.24, 2.45) is 0 Å². The van der Waals surface area contributed by atoms with Gasteiger partial charge in [-0.2, -0.15) is 0 Å². The van der Waals surface area contributed by atoms with Crippen molar-refractivity contribution in [3.8, 4) is 5.75 Å². The van der Waals surface area contributed by atoms with Crippen molar-refractivity contribution in [3.63, 3.8) is 0 Å². The predicted octanol–water partition coefficient (Wildman–Crippen LogP) is 3.44. The number of carbonyl (C=O) groups is 1. The fraction of sp³-hybridized carbons (Fsp3) is 0.412. The molecule has 0 saturated heterocycles. The van der Waals surface area contributed by atoms with E-state index in [0.29, 0.717) is 23.0 Å². The van der Waals surface area contributed by atoms with Crippen LogP contribution in [0.3, 0.4) is 0 Å². The van der Waals surface area contributed by atoms with Crippen LogP contribution in [0.5, 0.6) is 5.75 Å². The number of hydrogen-bond acceptors (Lipinski definition) is 4. The van der Waals surface area contributed by atoms with Crippen LogP contribution in [-0.4, -0.2) is 24.8 Å². The number of thiocarbonyl (C=S) groups is 1. The minimum absolute atomic E-state index is 0.322. The lowest BCUT2D eigenvalue weighted by molar-refractivity contribution is -0.139. The molecule has 0 fully saturated rings. The predicted molar refractivity (Wildman–Crippen MR) is 106 cm³/mol. The van der Waals surface area contributed by atoms with Gasteiger partial charge < -0.3 is 20.1 Å². The monoisotopic (exact) mass is 460 g/mol. The molecule has 0 saturated carbocycles. The van der Waals surface area contributed by atoms with Gasteiger partial charge in [0.2, 0.25) is 0 Å². The van der Waals surface area contributed by atoms with E-state index in [1.165, 1.54) is 0 Å². The third kappa shape index (κ3) is 4.18. The van der Waals surface area contributed by atoms with Crippen molar-refractivity contribution in [3.05, 3.63) is 38.6 Å². The van der Waals surface area contributed by atoms with E-state index in [1.54, 1.807) is 14.0 Å². The summed E-state index contributed by atoms with van der Waals surface area (Å²) in [5.41, 5.74) is 2.24. The Bertz CT molecular complexity index is 676. The summed E-state index contributed by atoms with van der Waals surface area (Å²) in [6, 6.07) is 5.45. The first kappa shape index (κ1) is 19.0. The Morgan fingerprint density at radius 3 is 2.75 bits per heavy atom. The van der Waals surface area contributed by atoms with Gasteiger partial charge in [0, 0.05) is 14.8 Å². The summed E-state index contributed by atoms with van der Waals surface area (Å²) >= 11 is 7.58. The molecule has 1 aromatic carbocycles. The molecule has 0 aromatic heterocycles. The van der Waals surface area contributed by atoms with Crippen LogP contribution in [0.25, 0.3) is 0 Å². The lowest BCUT2D eigenvalue weighted by Crippen LogP contribution is -2.46. The largest absolute Gasteiger partial charge is 0.496 e. The van der Waals surface area contributed by atoms with Crippen LogP contribution in [0.15, 0.2) is 29.5 Å². The SMILES string of the molecule is CCCC1=C(C(=O)OCC)[C@H](c2cc(I)ccc2OC)NC(=S)N1. The fourth-order valence-electron chi connectivity index (χ4n) is 2.68. The second kappa shape index (κ2) is 8.66. The number of esters is 1. The highest BCUT2D eigenvalue weighted by molar-refractivity contribution is 14.1.